The first-order chi connectivity index (χ1) is 25.3. The molecule has 1 unspecified atom stereocenters. The van der Waals surface area contributed by atoms with Crippen LogP contribution in [0.25, 0.3) is 11.1 Å². The molecule has 0 bridgehead atoms. The third-order valence-electron chi connectivity index (χ3n) is 11.0. The van der Waals surface area contributed by atoms with Crippen molar-refractivity contribution in [2.75, 3.05) is 39.3 Å². The fourth-order valence-electron chi connectivity index (χ4n) is 7.63. The van der Waals surface area contributed by atoms with Gasteiger partial charge >= 0.3 is 0 Å². The molecule has 2 saturated heterocycles. The number of aromatic nitrogens is 1. The van der Waals surface area contributed by atoms with Crippen molar-refractivity contribution in [3.05, 3.63) is 105 Å². The maximum Gasteiger partial charge on any atom is 0.142 e. The average molecular weight is 721 g/mol. The molecule has 1 atom stereocenters. The second-order valence-electron chi connectivity index (χ2n) is 15.0. The lowest BCUT2D eigenvalue weighted by molar-refractivity contribution is 0.148. The highest BCUT2D eigenvalue weighted by Crippen LogP contribution is 2.47. The largest absolute Gasteiger partial charge is 0.493 e. The highest BCUT2D eigenvalue weighted by Gasteiger charge is 2.45. The zero-order valence-electron chi connectivity index (χ0n) is 30.4. The number of halogens is 1. The summed E-state index contributed by atoms with van der Waals surface area (Å²) in [4.78, 5) is 9.03. The average Bonchev–Trinajstić information content (AvgIpc) is 3.80. The minimum absolute atomic E-state index is 0.192. The van der Waals surface area contributed by atoms with Gasteiger partial charge in [0.1, 0.15) is 36.5 Å². The molecule has 9 heteroatoms. The Bertz CT molecular complexity index is 1920. The maximum absolute atomic E-state index is 9.98. The molecule has 8 nitrogen and oxygen atoms in total. The number of aliphatic hydroxyl groups excluding tert-OH is 1. The Morgan fingerprint density at radius 1 is 0.846 bits per heavy atom. The van der Waals surface area contributed by atoms with Crippen LogP contribution in [0.4, 0.5) is 0 Å². The van der Waals surface area contributed by atoms with E-state index in [1.807, 2.05) is 12.1 Å². The van der Waals surface area contributed by atoms with E-state index in [9.17, 15) is 10.4 Å². The molecule has 272 valence electrons. The van der Waals surface area contributed by atoms with Crippen molar-refractivity contribution in [2.45, 2.75) is 78.2 Å². The van der Waals surface area contributed by atoms with E-state index in [-0.39, 0.29) is 18.1 Å². The third-order valence-corrected chi connectivity index (χ3v) is 11.3. The number of nitrogens with zero attached hydrogens (tertiary/aromatic N) is 4. The normalized spacial score (nSPS) is 18.6. The minimum Gasteiger partial charge on any atom is -0.493 e. The van der Waals surface area contributed by atoms with Gasteiger partial charge in [-0.2, -0.15) is 5.26 Å². The summed E-state index contributed by atoms with van der Waals surface area (Å²) in [7, 11) is 0. The van der Waals surface area contributed by atoms with Crippen LogP contribution in [0.15, 0.2) is 67.0 Å². The summed E-state index contributed by atoms with van der Waals surface area (Å²) >= 11 is 6.89. The van der Waals surface area contributed by atoms with Gasteiger partial charge in [-0.25, -0.2) is 0 Å². The lowest BCUT2D eigenvalue weighted by Gasteiger charge is -2.27. The monoisotopic (exact) mass is 720 g/mol. The molecule has 0 spiro atoms. The highest BCUT2D eigenvalue weighted by molar-refractivity contribution is 6.32. The number of hydrogen-bond donors (Lipinski definition) is 1. The van der Waals surface area contributed by atoms with Gasteiger partial charge in [-0.05, 0) is 105 Å². The molecule has 3 aliphatic rings. The Balaban J connectivity index is 1.06. The van der Waals surface area contributed by atoms with Crippen LogP contribution in [-0.2, 0) is 19.8 Å². The quantitative estimate of drug-likeness (QED) is 0.139. The summed E-state index contributed by atoms with van der Waals surface area (Å²) < 4.78 is 19.3. The van der Waals surface area contributed by atoms with Gasteiger partial charge in [-0.1, -0.05) is 48.4 Å². The molecule has 3 aromatic carbocycles. The van der Waals surface area contributed by atoms with Crippen LogP contribution in [0.3, 0.4) is 0 Å². The first-order valence-electron chi connectivity index (χ1n) is 18.7. The van der Waals surface area contributed by atoms with Gasteiger partial charge in [0.15, 0.2) is 0 Å². The van der Waals surface area contributed by atoms with E-state index in [0.717, 1.165) is 96.1 Å². The molecule has 2 aliphatic heterocycles. The van der Waals surface area contributed by atoms with Crippen LogP contribution >= 0.6 is 11.6 Å². The summed E-state index contributed by atoms with van der Waals surface area (Å²) in [6, 6.07) is 20.5. The lowest BCUT2D eigenvalue weighted by Crippen LogP contribution is -2.32. The SMILES string of the molecule is Cc1c(COc2cc(OCc3cncc(C#N)c3)c(CN3CCCCC3)cc2Cl)cccc1-c1cccc(OCC2(CN3CCC(O)C3)CC2)c1C. The molecule has 1 aromatic heterocycles. The van der Waals surface area contributed by atoms with Gasteiger partial charge in [-0.15, -0.1) is 0 Å². The van der Waals surface area contributed by atoms with Crippen LogP contribution < -0.4 is 14.2 Å². The first kappa shape index (κ1) is 36.2. The standard InChI is InChI=1S/C43H49ClN4O4/c1-30-34(8-6-9-37(30)38-10-7-11-40(31(38)2)52-29-43(13-14-43)28-48-17-12-36(49)25-48)27-51-42-20-41(50-26-33-18-32(21-45)22-46-23-33)35(19-39(42)44)24-47-15-4-3-5-16-47/h6-11,18-20,22-23,36,49H,3-5,12-17,24-29H2,1-2H3. The summed E-state index contributed by atoms with van der Waals surface area (Å²) in [6.45, 7) is 11.2. The van der Waals surface area contributed by atoms with Crippen molar-refractivity contribution in [1.29, 1.82) is 5.26 Å². The van der Waals surface area contributed by atoms with Crippen molar-refractivity contribution >= 4 is 11.6 Å². The van der Waals surface area contributed by atoms with Crippen molar-refractivity contribution < 1.29 is 19.3 Å². The molecule has 0 amide bonds. The zero-order valence-corrected chi connectivity index (χ0v) is 31.1. The Morgan fingerprint density at radius 3 is 2.37 bits per heavy atom. The van der Waals surface area contributed by atoms with Crippen LogP contribution in [0, 0.1) is 30.6 Å². The van der Waals surface area contributed by atoms with E-state index in [0.29, 0.717) is 29.5 Å². The number of nitriles is 1. The molecular weight excluding hydrogens is 672 g/mol. The van der Waals surface area contributed by atoms with E-state index < -0.39 is 0 Å². The maximum atomic E-state index is 9.98. The van der Waals surface area contributed by atoms with E-state index in [1.54, 1.807) is 18.5 Å². The fourth-order valence-corrected chi connectivity index (χ4v) is 7.87. The summed E-state index contributed by atoms with van der Waals surface area (Å²) in [6.07, 6.45) is 9.95. The van der Waals surface area contributed by atoms with Crippen molar-refractivity contribution in [3.8, 4) is 34.4 Å². The van der Waals surface area contributed by atoms with Gasteiger partial charge in [0, 0.05) is 61.2 Å². The predicted molar refractivity (Wildman–Crippen MR) is 204 cm³/mol. The summed E-state index contributed by atoms with van der Waals surface area (Å²) in [5, 5.41) is 19.9. The van der Waals surface area contributed by atoms with Crippen LogP contribution in [0.1, 0.15) is 71.9 Å². The zero-order chi connectivity index (χ0) is 36.1. The predicted octanol–water partition coefficient (Wildman–Crippen LogP) is 8.26. The van der Waals surface area contributed by atoms with E-state index in [2.05, 4.69) is 71.1 Å². The number of pyridine rings is 1. The number of benzene rings is 3. The van der Waals surface area contributed by atoms with Crippen LogP contribution in [0.2, 0.25) is 5.02 Å². The van der Waals surface area contributed by atoms with E-state index >= 15 is 0 Å². The smallest absolute Gasteiger partial charge is 0.142 e. The highest BCUT2D eigenvalue weighted by atomic mass is 35.5. The van der Waals surface area contributed by atoms with Crippen molar-refractivity contribution in [2.24, 2.45) is 5.41 Å². The fraction of sp³-hybridized carbons (Fsp3) is 0.442. The molecule has 3 fully saturated rings. The van der Waals surface area contributed by atoms with Gasteiger partial charge in [0.05, 0.1) is 23.3 Å². The van der Waals surface area contributed by atoms with E-state index in [1.165, 1.54) is 32.1 Å². The van der Waals surface area contributed by atoms with Crippen LogP contribution in [0.5, 0.6) is 17.2 Å². The number of likely N-dealkylation sites (tertiary alicyclic amines) is 2. The molecule has 52 heavy (non-hydrogen) atoms. The van der Waals surface area contributed by atoms with Crippen molar-refractivity contribution in [3.63, 3.8) is 0 Å². The Labute approximate surface area is 312 Å². The number of piperidine rings is 1. The van der Waals surface area contributed by atoms with Gasteiger partial charge in [0.25, 0.3) is 0 Å². The van der Waals surface area contributed by atoms with E-state index in [4.69, 9.17) is 25.8 Å². The summed E-state index contributed by atoms with van der Waals surface area (Å²) in [5.41, 5.74) is 8.18. The number of hydrogen-bond acceptors (Lipinski definition) is 8. The molecule has 1 aliphatic carbocycles. The molecule has 4 aromatic rings. The van der Waals surface area contributed by atoms with Gasteiger partial charge in [-0.3, -0.25) is 14.8 Å². The number of aliphatic hydroxyl groups is 1. The Kier molecular flexibility index (Phi) is 11.3. The topological polar surface area (TPSA) is 91.1 Å². The second kappa shape index (κ2) is 16.3. The number of rotatable bonds is 14. The Hall–Kier alpha value is -4.13. The second-order valence-corrected chi connectivity index (χ2v) is 15.4. The number of β-amino-alcohol motifs (C(OH)–C–C–N with tert-alkyl or cyclic N) is 1. The third kappa shape index (κ3) is 8.73. The molecule has 1 N–H and O–H groups in total. The molecule has 0 radical (unpaired) electrons. The molecule has 3 heterocycles. The minimum atomic E-state index is -0.193. The molecular formula is C43H49ClN4O4. The van der Waals surface area contributed by atoms with Crippen molar-refractivity contribution in [1.82, 2.24) is 14.8 Å². The number of ether oxygens (including phenoxy) is 3. The molecule has 7 rings (SSSR count). The summed E-state index contributed by atoms with van der Waals surface area (Å²) in [5.74, 6) is 2.21. The lowest BCUT2D eigenvalue weighted by atomic mass is 9.93. The van der Waals surface area contributed by atoms with Gasteiger partial charge in [0.2, 0.25) is 0 Å². The molecule has 1 saturated carbocycles. The van der Waals surface area contributed by atoms with Gasteiger partial charge < -0.3 is 19.3 Å². The van der Waals surface area contributed by atoms with Crippen LogP contribution in [-0.4, -0.2) is 65.3 Å². The Morgan fingerprint density at radius 2 is 1.62 bits per heavy atom. The first-order valence-corrected chi connectivity index (χ1v) is 19.0.